The molecule has 0 saturated heterocycles. The van der Waals surface area contributed by atoms with E-state index in [1.54, 1.807) is 11.3 Å². The molecule has 1 aliphatic carbocycles. The maximum Gasteiger partial charge on any atom is 0.276 e. The average molecular weight is 407 g/mol. The number of nitrogens with two attached hydrogens (primary N) is 1. The lowest BCUT2D eigenvalue weighted by Crippen LogP contribution is -2.21. The van der Waals surface area contributed by atoms with Gasteiger partial charge < -0.3 is 5.73 Å². The van der Waals surface area contributed by atoms with Crippen molar-refractivity contribution >= 4 is 44.4 Å². The van der Waals surface area contributed by atoms with Crippen molar-refractivity contribution in [3.63, 3.8) is 0 Å². The molecule has 4 heterocycles. The van der Waals surface area contributed by atoms with Gasteiger partial charge in [-0.25, -0.2) is 9.38 Å². The van der Waals surface area contributed by atoms with Crippen molar-refractivity contribution in [3.05, 3.63) is 49.9 Å². The number of fused-ring (bicyclic) bond motifs is 4. The Bertz CT molecular complexity index is 1310. The fourth-order valence-electron chi connectivity index (χ4n) is 4.11. The Morgan fingerprint density at radius 3 is 2.79 bits per heavy atom. The summed E-state index contributed by atoms with van der Waals surface area (Å²) in [5.74, 6) is 0.414. The molecule has 2 N–H and O–H groups in total. The summed E-state index contributed by atoms with van der Waals surface area (Å²) < 4.78 is 1.42. The van der Waals surface area contributed by atoms with Gasteiger partial charge in [0.1, 0.15) is 27.9 Å². The van der Waals surface area contributed by atoms with Crippen LogP contribution >= 0.6 is 22.7 Å². The second kappa shape index (κ2) is 6.73. The maximum absolute atomic E-state index is 13.2. The molecule has 4 aromatic rings. The lowest BCUT2D eigenvalue weighted by Gasteiger charge is -2.12. The number of anilines is 1. The number of nitrogen functional groups attached to an aromatic ring is 1. The largest absolute Gasteiger partial charge is 0.384 e. The standard InChI is InChI=1S/C21H18N4OS2/c22-11-14-13(15-8-5-9-27-15)10-17-24-20-18(19(23)25(17)21(14)26)12-6-3-1-2-4-7-16(12)28-20/h5,8-10H,1-4,6-7,23H2. The van der Waals surface area contributed by atoms with Crippen LogP contribution < -0.4 is 11.3 Å². The van der Waals surface area contributed by atoms with E-state index in [-0.39, 0.29) is 11.1 Å². The molecule has 0 atom stereocenters. The zero-order chi connectivity index (χ0) is 19.3. The third-order valence-corrected chi connectivity index (χ3v) is 7.54. The Morgan fingerprint density at radius 2 is 2.04 bits per heavy atom. The van der Waals surface area contributed by atoms with Crippen LogP contribution in [0.3, 0.4) is 0 Å². The molecule has 0 saturated carbocycles. The van der Waals surface area contributed by atoms with E-state index in [0.717, 1.165) is 34.4 Å². The molecule has 0 bridgehead atoms. The summed E-state index contributed by atoms with van der Waals surface area (Å²) in [5, 5.41) is 12.5. The van der Waals surface area contributed by atoms with Crippen molar-refractivity contribution in [2.45, 2.75) is 38.5 Å². The normalized spacial score (nSPS) is 14.5. The molecule has 5 nitrogen and oxygen atoms in total. The van der Waals surface area contributed by atoms with Crippen molar-refractivity contribution < 1.29 is 0 Å². The molecule has 140 valence electrons. The van der Waals surface area contributed by atoms with E-state index in [2.05, 4.69) is 6.07 Å². The quantitative estimate of drug-likeness (QED) is 0.494. The fourth-order valence-corrected chi connectivity index (χ4v) is 6.13. The Kier molecular flexibility index (Phi) is 4.18. The summed E-state index contributed by atoms with van der Waals surface area (Å²) >= 11 is 3.20. The zero-order valence-corrected chi connectivity index (χ0v) is 16.8. The van der Waals surface area contributed by atoms with Crippen molar-refractivity contribution in [2.75, 3.05) is 5.73 Å². The molecule has 7 heteroatoms. The van der Waals surface area contributed by atoms with Gasteiger partial charge in [-0.05, 0) is 48.8 Å². The number of aryl methyl sites for hydroxylation is 2. The predicted molar refractivity (Wildman–Crippen MR) is 115 cm³/mol. The highest BCUT2D eigenvalue weighted by Crippen LogP contribution is 2.38. The van der Waals surface area contributed by atoms with Crippen LogP contribution in [-0.2, 0) is 12.8 Å². The zero-order valence-electron chi connectivity index (χ0n) is 15.2. The molecule has 0 radical (unpaired) electrons. The van der Waals surface area contributed by atoms with E-state index in [1.807, 2.05) is 23.6 Å². The van der Waals surface area contributed by atoms with Crippen molar-refractivity contribution in [2.24, 2.45) is 0 Å². The van der Waals surface area contributed by atoms with Crippen LogP contribution in [0.25, 0.3) is 26.3 Å². The Morgan fingerprint density at radius 1 is 1.21 bits per heavy atom. The number of hydrogen-bond donors (Lipinski definition) is 1. The minimum atomic E-state index is -0.388. The number of rotatable bonds is 1. The van der Waals surface area contributed by atoms with Crippen LogP contribution in [0.1, 0.15) is 41.7 Å². The van der Waals surface area contributed by atoms with Gasteiger partial charge in [-0.1, -0.05) is 18.9 Å². The van der Waals surface area contributed by atoms with E-state index < -0.39 is 0 Å². The van der Waals surface area contributed by atoms with Crippen LogP contribution in [0.5, 0.6) is 0 Å². The van der Waals surface area contributed by atoms with E-state index in [9.17, 15) is 10.1 Å². The summed E-state index contributed by atoms with van der Waals surface area (Å²) in [4.78, 5) is 21.1. The van der Waals surface area contributed by atoms with Gasteiger partial charge in [0.2, 0.25) is 0 Å². The molecule has 4 aromatic heterocycles. The molecule has 0 aliphatic heterocycles. The molecule has 1 aliphatic rings. The van der Waals surface area contributed by atoms with Crippen LogP contribution in [-0.4, -0.2) is 9.38 Å². The molecule has 0 fully saturated rings. The van der Waals surface area contributed by atoms with E-state index in [1.165, 1.54) is 45.4 Å². The van der Waals surface area contributed by atoms with Crippen LogP contribution in [0.2, 0.25) is 0 Å². The first kappa shape index (κ1) is 17.4. The maximum atomic E-state index is 13.2. The van der Waals surface area contributed by atoms with Crippen LogP contribution in [0.4, 0.5) is 5.82 Å². The van der Waals surface area contributed by atoms with E-state index in [4.69, 9.17) is 10.7 Å². The minimum absolute atomic E-state index is 0.117. The highest BCUT2D eigenvalue weighted by atomic mass is 32.1. The molecular formula is C21H18N4OS2. The lowest BCUT2D eigenvalue weighted by molar-refractivity contribution is 0.624. The SMILES string of the molecule is N#Cc1c(-c2cccs2)cc2nc3sc4c(c3c(N)n2c1=O)CCCCCC4. The summed E-state index contributed by atoms with van der Waals surface area (Å²) in [6.45, 7) is 0. The van der Waals surface area contributed by atoms with Crippen LogP contribution in [0.15, 0.2) is 28.4 Å². The lowest BCUT2D eigenvalue weighted by atomic mass is 9.98. The molecule has 5 rings (SSSR count). The van der Waals surface area contributed by atoms with Gasteiger partial charge in [-0.3, -0.25) is 4.79 Å². The molecule has 0 amide bonds. The number of hydrogen-bond acceptors (Lipinski definition) is 6. The Hall–Kier alpha value is -2.69. The highest BCUT2D eigenvalue weighted by Gasteiger charge is 2.22. The second-order valence-corrected chi connectivity index (χ2v) is 9.15. The average Bonchev–Trinajstić information content (AvgIpc) is 3.30. The van der Waals surface area contributed by atoms with Gasteiger partial charge in [0.15, 0.2) is 0 Å². The van der Waals surface area contributed by atoms with Gasteiger partial charge in [-0.2, -0.15) is 5.26 Å². The number of nitriles is 1. The smallest absolute Gasteiger partial charge is 0.276 e. The predicted octanol–water partition coefficient (Wildman–Crippen LogP) is 4.75. The second-order valence-electron chi connectivity index (χ2n) is 7.12. The topological polar surface area (TPSA) is 84.2 Å². The molecule has 0 spiro atoms. The van der Waals surface area contributed by atoms with Gasteiger partial charge in [0.05, 0.1) is 5.39 Å². The van der Waals surface area contributed by atoms with Crippen molar-refractivity contribution in [3.8, 4) is 16.5 Å². The fraction of sp³-hybridized carbons (Fsp3) is 0.286. The van der Waals surface area contributed by atoms with E-state index in [0.29, 0.717) is 17.0 Å². The first-order valence-electron chi connectivity index (χ1n) is 9.42. The van der Waals surface area contributed by atoms with Gasteiger partial charge >= 0.3 is 0 Å². The Balaban J connectivity index is 1.87. The number of nitrogens with zero attached hydrogens (tertiary/aromatic N) is 3. The monoisotopic (exact) mass is 406 g/mol. The molecule has 0 unspecified atom stereocenters. The Labute approximate surface area is 169 Å². The number of aromatic nitrogens is 2. The summed E-state index contributed by atoms with van der Waals surface area (Å²) in [6, 6.07) is 7.73. The van der Waals surface area contributed by atoms with E-state index >= 15 is 0 Å². The third-order valence-electron chi connectivity index (χ3n) is 5.45. The summed E-state index contributed by atoms with van der Waals surface area (Å²) in [6.07, 6.45) is 6.81. The van der Waals surface area contributed by atoms with Crippen molar-refractivity contribution in [1.82, 2.24) is 9.38 Å². The van der Waals surface area contributed by atoms with Gasteiger partial charge in [0, 0.05) is 15.3 Å². The minimum Gasteiger partial charge on any atom is -0.384 e. The number of thiophene rings is 2. The summed E-state index contributed by atoms with van der Waals surface area (Å²) in [7, 11) is 0. The molecular weight excluding hydrogens is 388 g/mol. The first-order chi connectivity index (χ1) is 13.7. The van der Waals surface area contributed by atoms with Crippen LogP contribution in [0, 0.1) is 11.3 Å². The highest BCUT2D eigenvalue weighted by molar-refractivity contribution is 7.19. The molecule has 28 heavy (non-hydrogen) atoms. The van der Waals surface area contributed by atoms with Crippen molar-refractivity contribution in [1.29, 1.82) is 5.26 Å². The first-order valence-corrected chi connectivity index (χ1v) is 11.1. The third kappa shape index (κ3) is 2.56. The number of pyridine rings is 1. The summed E-state index contributed by atoms with van der Waals surface area (Å²) in [5.41, 5.74) is 8.64. The molecule has 0 aromatic carbocycles. The van der Waals surface area contributed by atoms with Gasteiger partial charge in [0.25, 0.3) is 5.56 Å². The van der Waals surface area contributed by atoms with Gasteiger partial charge in [-0.15, -0.1) is 22.7 Å².